The number of aryl methyl sites for hydroxylation is 1. The molecule has 0 saturated carbocycles. The molecule has 1 aliphatic rings. The Balaban J connectivity index is 2.20. The van der Waals surface area contributed by atoms with Crippen LogP contribution in [-0.4, -0.2) is 18.3 Å². The highest BCUT2D eigenvalue weighted by Gasteiger charge is 2.14. The minimum absolute atomic E-state index is 0.268. The lowest BCUT2D eigenvalue weighted by Crippen LogP contribution is -1.93. The van der Waals surface area contributed by atoms with Crippen molar-refractivity contribution in [2.75, 3.05) is 13.2 Å². The number of benzene rings is 1. The predicted octanol–water partition coefficient (Wildman–Crippen LogP) is 1.55. The Kier molecular flexibility index (Phi) is 2.50. The maximum absolute atomic E-state index is 8.74. The van der Waals surface area contributed by atoms with E-state index in [0.717, 1.165) is 31.6 Å². The monoisotopic (exact) mass is 178 g/mol. The molecule has 70 valence electrons. The molecule has 2 heteroatoms. The molecule has 0 amide bonds. The number of aliphatic hydroxyl groups is 1. The van der Waals surface area contributed by atoms with Gasteiger partial charge in [0.1, 0.15) is 5.75 Å². The largest absolute Gasteiger partial charge is 0.493 e. The molecular formula is C11H14O2. The summed E-state index contributed by atoms with van der Waals surface area (Å²) in [7, 11) is 0. The van der Waals surface area contributed by atoms with E-state index >= 15 is 0 Å². The highest BCUT2D eigenvalue weighted by Crippen LogP contribution is 2.28. The summed E-state index contributed by atoms with van der Waals surface area (Å²) >= 11 is 0. The van der Waals surface area contributed by atoms with Crippen molar-refractivity contribution in [2.24, 2.45) is 0 Å². The summed E-state index contributed by atoms with van der Waals surface area (Å²) in [5.41, 5.74) is 2.68. The number of aliphatic hydroxyl groups excluding tert-OH is 1. The number of fused-ring (bicyclic) bond motifs is 1. The molecule has 1 aromatic rings. The van der Waals surface area contributed by atoms with E-state index in [-0.39, 0.29) is 6.61 Å². The summed E-state index contributed by atoms with van der Waals surface area (Å²) in [5, 5.41) is 8.74. The molecule has 0 unspecified atom stereocenters. The smallest absolute Gasteiger partial charge is 0.122 e. The van der Waals surface area contributed by atoms with Gasteiger partial charge in [0.25, 0.3) is 0 Å². The molecule has 0 saturated heterocycles. The lowest BCUT2D eigenvalue weighted by atomic mass is 10.0. The molecule has 13 heavy (non-hydrogen) atoms. The van der Waals surface area contributed by atoms with Crippen LogP contribution in [0.1, 0.15) is 17.5 Å². The lowest BCUT2D eigenvalue weighted by Gasteiger charge is -2.05. The first-order valence-electron chi connectivity index (χ1n) is 4.76. The standard InChI is InChI=1S/C11H14O2/c12-7-2-4-9-3-1-5-11-10(9)6-8-13-11/h1,3,5,12H,2,4,6-8H2. The van der Waals surface area contributed by atoms with Gasteiger partial charge in [-0.25, -0.2) is 0 Å². The van der Waals surface area contributed by atoms with Crippen LogP contribution in [0, 0.1) is 0 Å². The van der Waals surface area contributed by atoms with E-state index in [0.29, 0.717) is 0 Å². The van der Waals surface area contributed by atoms with Crippen LogP contribution in [0.2, 0.25) is 0 Å². The van der Waals surface area contributed by atoms with Crippen molar-refractivity contribution in [3.63, 3.8) is 0 Å². The fraction of sp³-hybridized carbons (Fsp3) is 0.455. The highest BCUT2D eigenvalue weighted by atomic mass is 16.5. The van der Waals surface area contributed by atoms with Crippen LogP contribution in [-0.2, 0) is 12.8 Å². The van der Waals surface area contributed by atoms with Gasteiger partial charge in [-0.3, -0.25) is 0 Å². The van der Waals surface area contributed by atoms with Crippen molar-refractivity contribution in [2.45, 2.75) is 19.3 Å². The van der Waals surface area contributed by atoms with Crippen molar-refractivity contribution in [1.82, 2.24) is 0 Å². The second-order valence-corrected chi connectivity index (χ2v) is 3.32. The molecular weight excluding hydrogens is 164 g/mol. The van der Waals surface area contributed by atoms with Gasteiger partial charge in [0, 0.05) is 18.6 Å². The van der Waals surface area contributed by atoms with Crippen LogP contribution >= 0.6 is 0 Å². The first-order valence-corrected chi connectivity index (χ1v) is 4.76. The van der Waals surface area contributed by atoms with Crippen LogP contribution in [0.25, 0.3) is 0 Å². The van der Waals surface area contributed by atoms with Gasteiger partial charge in [-0.1, -0.05) is 12.1 Å². The van der Waals surface area contributed by atoms with E-state index in [1.807, 2.05) is 12.1 Å². The first-order chi connectivity index (χ1) is 6.42. The van der Waals surface area contributed by atoms with Crippen LogP contribution in [0.3, 0.4) is 0 Å². The zero-order valence-electron chi connectivity index (χ0n) is 7.62. The number of ether oxygens (including phenoxy) is 1. The number of hydrogen-bond donors (Lipinski definition) is 1. The summed E-state index contributed by atoms with van der Waals surface area (Å²) in [6.07, 6.45) is 2.83. The van der Waals surface area contributed by atoms with Crippen LogP contribution in [0.15, 0.2) is 18.2 Å². The molecule has 0 radical (unpaired) electrons. The molecule has 0 atom stereocenters. The molecule has 0 aromatic heterocycles. The Hall–Kier alpha value is -1.02. The first kappa shape index (κ1) is 8.57. The van der Waals surface area contributed by atoms with Crippen molar-refractivity contribution in [1.29, 1.82) is 0 Å². The van der Waals surface area contributed by atoms with E-state index in [4.69, 9.17) is 9.84 Å². The summed E-state index contributed by atoms with van der Waals surface area (Å²) in [5.74, 6) is 1.04. The van der Waals surface area contributed by atoms with E-state index in [1.54, 1.807) is 0 Å². The average Bonchev–Trinajstić information content (AvgIpc) is 2.62. The van der Waals surface area contributed by atoms with Gasteiger partial charge in [-0.15, -0.1) is 0 Å². The van der Waals surface area contributed by atoms with Gasteiger partial charge in [0.05, 0.1) is 6.61 Å². The summed E-state index contributed by atoms with van der Waals surface area (Å²) in [6.45, 7) is 1.08. The molecule has 1 heterocycles. The van der Waals surface area contributed by atoms with Crippen LogP contribution < -0.4 is 4.74 Å². The third-order valence-corrected chi connectivity index (χ3v) is 2.44. The van der Waals surface area contributed by atoms with E-state index in [1.165, 1.54) is 11.1 Å². The molecule has 1 aliphatic heterocycles. The quantitative estimate of drug-likeness (QED) is 0.761. The minimum atomic E-state index is 0.268. The van der Waals surface area contributed by atoms with E-state index < -0.39 is 0 Å². The van der Waals surface area contributed by atoms with Crippen LogP contribution in [0.4, 0.5) is 0 Å². The van der Waals surface area contributed by atoms with E-state index in [9.17, 15) is 0 Å². The Morgan fingerprint density at radius 3 is 3.15 bits per heavy atom. The van der Waals surface area contributed by atoms with Gasteiger partial charge < -0.3 is 9.84 Å². The second-order valence-electron chi connectivity index (χ2n) is 3.32. The fourth-order valence-electron chi connectivity index (χ4n) is 1.80. The molecule has 0 bridgehead atoms. The molecule has 0 spiro atoms. The molecule has 2 rings (SSSR count). The van der Waals surface area contributed by atoms with Crippen molar-refractivity contribution >= 4 is 0 Å². The Morgan fingerprint density at radius 1 is 1.38 bits per heavy atom. The maximum Gasteiger partial charge on any atom is 0.122 e. The van der Waals surface area contributed by atoms with Gasteiger partial charge in [0.2, 0.25) is 0 Å². The average molecular weight is 178 g/mol. The zero-order valence-corrected chi connectivity index (χ0v) is 7.62. The summed E-state index contributed by atoms with van der Waals surface area (Å²) in [6, 6.07) is 6.17. The normalized spacial score (nSPS) is 13.9. The van der Waals surface area contributed by atoms with Crippen molar-refractivity contribution in [3.8, 4) is 5.75 Å². The topological polar surface area (TPSA) is 29.5 Å². The predicted molar refractivity (Wildman–Crippen MR) is 51.0 cm³/mol. The minimum Gasteiger partial charge on any atom is -0.493 e. The molecule has 2 nitrogen and oxygen atoms in total. The lowest BCUT2D eigenvalue weighted by molar-refractivity contribution is 0.288. The van der Waals surface area contributed by atoms with Crippen LogP contribution in [0.5, 0.6) is 5.75 Å². The zero-order chi connectivity index (χ0) is 9.10. The van der Waals surface area contributed by atoms with Gasteiger partial charge in [-0.2, -0.15) is 0 Å². The fourth-order valence-corrected chi connectivity index (χ4v) is 1.80. The Labute approximate surface area is 78.2 Å². The van der Waals surface area contributed by atoms with Gasteiger partial charge in [-0.05, 0) is 24.5 Å². The molecule has 1 N–H and O–H groups in total. The second kappa shape index (κ2) is 3.79. The van der Waals surface area contributed by atoms with Gasteiger partial charge >= 0.3 is 0 Å². The third kappa shape index (κ3) is 1.68. The van der Waals surface area contributed by atoms with Crippen molar-refractivity contribution < 1.29 is 9.84 Å². The summed E-state index contributed by atoms with van der Waals surface area (Å²) in [4.78, 5) is 0. The molecule has 0 fully saturated rings. The Bertz CT molecular complexity index is 294. The highest BCUT2D eigenvalue weighted by molar-refractivity contribution is 5.42. The Morgan fingerprint density at radius 2 is 2.31 bits per heavy atom. The third-order valence-electron chi connectivity index (χ3n) is 2.44. The molecule has 1 aromatic carbocycles. The van der Waals surface area contributed by atoms with E-state index in [2.05, 4.69) is 6.07 Å². The molecule has 0 aliphatic carbocycles. The van der Waals surface area contributed by atoms with Crippen molar-refractivity contribution in [3.05, 3.63) is 29.3 Å². The summed E-state index contributed by atoms with van der Waals surface area (Å²) < 4.78 is 5.46. The SMILES string of the molecule is OCCCc1cccc2c1CCO2. The number of hydrogen-bond acceptors (Lipinski definition) is 2. The number of rotatable bonds is 3. The van der Waals surface area contributed by atoms with Gasteiger partial charge in [0.15, 0.2) is 0 Å². The maximum atomic E-state index is 8.74.